The summed E-state index contributed by atoms with van der Waals surface area (Å²) < 4.78 is 11.2. The molecule has 0 spiro atoms. The zero-order valence-electron chi connectivity index (χ0n) is 12.1. The molecule has 1 aromatic carbocycles. The van der Waals surface area contributed by atoms with Crippen LogP contribution in [0.5, 0.6) is 5.75 Å². The van der Waals surface area contributed by atoms with Crippen molar-refractivity contribution >= 4 is 0 Å². The van der Waals surface area contributed by atoms with E-state index in [1.165, 1.54) is 0 Å². The molecule has 5 unspecified atom stereocenters. The molecule has 1 heterocycles. The average Bonchev–Trinajstić information content (AvgIpc) is 2.50. The fraction of sp³-hybridized carbons (Fsp3) is 0.600. The predicted molar refractivity (Wildman–Crippen MR) is 76.8 cm³/mol. The second kappa shape index (κ2) is 7.20. The van der Waals surface area contributed by atoms with Gasteiger partial charge in [0.1, 0.15) is 18.0 Å². The number of rotatable bonds is 5. The van der Waals surface area contributed by atoms with E-state index in [2.05, 4.69) is 0 Å². The van der Waals surface area contributed by atoms with E-state index in [4.69, 9.17) is 15.2 Å². The lowest BCUT2D eigenvalue weighted by Gasteiger charge is -2.40. The molecule has 2 rings (SSSR count). The largest absolute Gasteiger partial charge is 0.465 e. The SMILES string of the molecule is CC1C(Oc2ccc(CCN)cc2)OC(CO)C(O)C1O. The van der Waals surface area contributed by atoms with Gasteiger partial charge in [0.25, 0.3) is 0 Å². The molecule has 21 heavy (non-hydrogen) atoms. The molecule has 118 valence electrons. The molecular formula is C15H23NO5. The van der Waals surface area contributed by atoms with Gasteiger partial charge in [-0.25, -0.2) is 0 Å². The van der Waals surface area contributed by atoms with Crippen LogP contribution in [0.1, 0.15) is 12.5 Å². The minimum atomic E-state index is -1.11. The Kier molecular flexibility index (Phi) is 5.55. The predicted octanol–water partition coefficient (Wildman–Crippen LogP) is -0.358. The third-order valence-corrected chi connectivity index (χ3v) is 3.80. The van der Waals surface area contributed by atoms with Crippen LogP contribution in [0.15, 0.2) is 24.3 Å². The van der Waals surface area contributed by atoms with Crippen LogP contribution >= 0.6 is 0 Å². The summed E-state index contributed by atoms with van der Waals surface area (Å²) in [6.07, 6.45) is -2.89. The fourth-order valence-electron chi connectivity index (χ4n) is 2.39. The van der Waals surface area contributed by atoms with Crippen molar-refractivity contribution in [2.45, 2.75) is 37.9 Å². The van der Waals surface area contributed by atoms with Crippen LogP contribution in [0.4, 0.5) is 0 Å². The van der Waals surface area contributed by atoms with Crippen molar-refractivity contribution in [1.82, 2.24) is 0 Å². The normalized spacial score (nSPS) is 32.9. The van der Waals surface area contributed by atoms with E-state index in [-0.39, 0.29) is 6.61 Å². The van der Waals surface area contributed by atoms with Crippen molar-refractivity contribution in [3.05, 3.63) is 29.8 Å². The van der Waals surface area contributed by atoms with Crippen molar-refractivity contribution in [2.75, 3.05) is 13.2 Å². The summed E-state index contributed by atoms with van der Waals surface area (Å²) in [7, 11) is 0. The first kappa shape index (κ1) is 16.2. The van der Waals surface area contributed by atoms with Gasteiger partial charge in [-0.3, -0.25) is 0 Å². The quantitative estimate of drug-likeness (QED) is 0.592. The van der Waals surface area contributed by atoms with Crippen molar-refractivity contribution in [3.8, 4) is 5.75 Å². The van der Waals surface area contributed by atoms with Crippen molar-refractivity contribution in [3.63, 3.8) is 0 Å². The van der Waals surface area contributed by atoms with Crippen LogP contribution in [-0.2, 0) is 11.2 Å². The Bertz CT molecular complexity index is 436. The van der Waals surface area contributed by atoms with Gasteiger partial charge >= 0.3 is 0 Å². The minimum Gasteiger partial charge on any atom is -0.465 e. The summed E-state index contributed by atoms with van der Waals surface area (Å²) in [5.74, 6) is 0.194. The third kappa shape index (κ3) is 3.72. The summed E-state index contributed by atoms with van der Waals surface area (Å²) in [4.78, 5) is 0. The van der Waals surface area contributed by atoms with Gasteiger partial charge in [0.15, 0.2) is 0 Å². The van der Waals surface area contributed by atoms with Gasteiger partial charge in [-0.1, -0.05) is 19.1 Å². The first-order valence-electron chi connectivity index (χ1n) is 7.15. The van der Waals surface area contributed by atoms with E-state index in [1.54, 1.807) is 6.92 Å². The molecule has 6 nitrogen and oxygen atoms in total. The van der Waals surface area contributed by atoms with Gasteiger partial charge in [-0.05, 0) is 30.7 Å². The first-order valence-corrected chi connectivity index (χ1v) is 7.15. The smallest absolute Gasteiger partial charge is 0.205 e. The molecule has 0 bridgehead atoms. The maximum atomic E-state index is 9.98. The number of aliphatic hydroxyl groups excluding tert-OH is 3. The number of aliphatic hydroxyl groups is 3. The molecule has 0 aromatic heterocycles. The molecule has 1 aliphatic heterocycles. The molecule has 1 saturated heterocycles. The third-order valence-electron chi connectivity index (χ3n) is 3.80. The van der Waals surface area contributed by atoms with E-state index in [9.17, 15) is 15.3 Å². The van der Waals surface area contributed by atoms with Crippen LogP contribution in [0, 0.1) is 5.92 Å². The molecule has 0 amide bonds. The van der Waals surface area contributed by atoms with Crippen molar-refractivity contribution in [2.24, 2.45) is 11.7 Å². The molecule has 1 aliphatic rings. The summed E-state index contributed by atoms with van der Waals surface area (Å²) in [6.45, 7) is 1.94. The lowest BCUT2D eigenvalue weighted by Crippen LogP contribution is -2.56. The van der Waals surface area contributed by atoms with Crippen molar-refractivity contribution < 1.29 is 24.8 Å². The molecular weight excluding hydrogens is 274 g/mol. The van der Waals surface area contributed by atoms with E-state index >= 15 is 0 Å². The number of hydrogen-bond acceptors (Lipinski definition) is 6. The zero-order valence-corrected chi connectivity index (χ0v) is 12.1. The zero-order chi connectivity index (χ0) is 15.4. The second-order valence-corrected chi connectivity index (χ2v) is 5.37. The number of hydrogen-bond donors (Lipinski definition) is 4. The van der Waals surface area contributed by atoms with Gasteiger partial charge in [-0.15, -0.1) is 0 Å². The Morgan fingerprint density at radius 3 is 2.43 bits per heavy atom. The Morgan fingerprint density at radius 1 is 1.19 bits per heavy atom. The van der Waals surface area contributed by atoms with Crippen LogP contribution < -0.4 is 10.5 Å². The molecule has 0 aliphatic carbocycles. The van der Waals surface area contributed by atoms with Gasteiger partial charge in [0, 0.05) is 5.92 Å². The number of nitrogens with two attached hydrogens (primary N) is 1. The van der Waals surface area contributed by atoms with Crippen LogP contribution in [-0.4, -0.2) is 53.1 Å². The monoisotopic (exact) mass is 297 g/mol. The Hall–Kier alpha value is -1.18. The molecule has 1 aromatic rings. The van der Waals surface area contributed by atoms with Crippen LogP contribution in [0.25, 0.3) is 0 Å². The molecule has 6 heteroatoms. The molecule has 0 saturated carbocycles. The molecule has 1 fully saturated rings. The highest BCUT2D eigenvalue weighted by molar-refractivity contribution is 5.27. The van der Waals surface area contributed by atoms with Gasteiger partial charge in [0.2, 0.25) is 6.29 Å². The molecule has 0 radical (unpaired) electrons. The number of benzene rings is 1. The Balaban J connectivity index is 2.03. The van der Waals surface area contributed by atoms with E-state index in [1.807, 2.05) is 24.3 Å². The summed E-state index contributed by atoms with van der Waals surface area (Å²) in [6, 6.07) is 7.47. The first-order chi connectivity index (χ1) is 10.1. The lowest BCUT2D eigenvalue weighted by molar-refractivity contribution is -0.256. The highest BCUT2D eigenvalue weighted by Crippen LogP contribution is 2.28. The maximum absolute atomic E-state index is 9.98. The van der Waals surface area contributed by atoms with E-state index < -0.39 is 30.5 Å². The standard InChI is InChI=1S/C15H23NO5/c1-9-13(18)14(19)12(8-17)21-15(9)20-11-4-2-10(3-5-11)6-7-16/h2-5,9,12-15,17-19H,6-8,16H2,1H3. The molecule has 5 N–H and O–H groups in total. The Morgan fingerprint density at radius 2 is 1.86 bits per heavy atom. The van der Waals surface area contributed by atoms with E-state index in [0.717, 1.165) is 12.0 Å². The van der Waals surface area contributed by atoms with Gasteiger partial charge < -0.3 is 30.5 Å². The topological polar surface area (TPSA) is 105 Å². The Labute approximate surface area is 124 Å². The average molecular weight is 297 g/mol. The van der Waals surface area contributed by atoms with Crippen LogP contribution in [0.2, 0.25) is 0 Å². The summed E-state index contributed by atoms with van der Waals surface area (Å²) >= 11 is 0. The van der Waals surface area contributed by atoms with Gasteiger partial charge in [0.05, 0.1) is 12.7 Å². The maximum Gasteiger partial charge on any atom is 0.205 e. The lowest BCUT2D eigenvalue weighted by atomic mass is 9.92. The van der Waals surface area contributed by atoms with Crippen molar-refractivity contribution in [1.29, 1.82) is 0 Å². The van der Waals surface area contributed by atoms with Crippen LogP contribution in [0.3, 0.4) is 0 Å². The summed E-state index contributed by atoms with van der Waals surface area (Å²) in [5.41, 5.74) is 6.62. The van der Waals surface area contributed by atoms with E-state index in [0.29, 0.717) is 12.3 Å². The second-order valence-electron chi connectivity index (χ2n) is 5.37. The highest BCUT2D eigenvalue weighted by atomic mass is 16.7. The highest BCUT2D eigenvalue weighted by Gasteiger charge is 2.43. The number of ether oxygens (including phenoxy) is 2. The molecule has 5 atom stereocenters. The van der Waals surface area contributed by atoms with Gasteiger partial charge in [-0.2, -0.15) is 0 Å². The fourth-order valence-corrected chi connectivity index (χ4v) is 2.39. The summed E-state index contributed by atoms with van der Waals surface area (Å²) in [5, 5.41) is 28.9. The minimum absolute atomic E-state index is 0.375.